The minimum absolute atomic E-state index is 0.151. The summed E-state index contributed by atoms with van der Waals surface area (Å²) in [7, 11) is 0. The number of aliphatic hydroxyl groups is 3. The lowest BCUT2D eigenvalue weighted by atomic mass is 9.47. The Morgan fingerprint density at radius 3 is 2.33 bits per heavy atom. The van der Waals surface area contributed by atoms with E-state index in [-0.39, 0.29) is 30.5 Å². The van der Waals surface area contributed by atoms with Gasteiger partial charge in [-0.05, 0) is 142 Å². The molecule has 4 fully saturated rings. The second-order valence-corrected chi connectivity index (χ2v) is 19.4. The second-order valence-electron chi connectivity index (χ2n) is 19.4. The third-order valence-corrected chi connectivity index (χ3v) is 15.5. The lowest BCUT2D eigenvalue weighted by molar-refractivity contribution is -0.313. The molecule has 7 heteroatoms. The van der Waals surface area contributed by atoms with Crippen LogP contribution in [-0.4, -0.2) is 64.7 Å². The first kappa shape index (κ1) is 46.0. The molecule has 1 aliphatic heterocycles. The Hall–Kier alpha value is -2.03. The van der Waals surface area contributed by atoms with E-state index < -0.39 is 30.7 Å². The molecule has 5 aliphatic rings. The number of carbonyl (C=O) groups is 1. The van der Waals surface area contributed by atoms with Gasteiger partial charge in [0, 0.05) is 6.42 Å². The van der Waals surface area contributed by atoms with Gasteiger partial charge in [0.2, 0.25) is 0 Å². The van der Waals surface area contributed by atoms with Crippen molar-refractivity contribution < 1.29 is 34.3 Å². The first-order chi connectivity index (χ1) is 27.3. The van der Waals surface area contributed by atoms with Crippen molar-refractivity contribution in [1.29, 1.82) is 0 Å². The van der Waals surface area contributed by atoms with Gasteiger partial charge in [-0.2, -0.15) is 0 Å². The van der Waals surface area contributed by atoms with Crippen LogP contribution < -0.4 is 0 Å². The van der Waals surface area contributed by atoms with Crippen molar-refractivity contribution in [1.82, 2.24) is 0 Å². The Bertz CT molecular complexity index is 1410. The van der Waals surface area contributed by atoms with Crippen molar-refractivity contribution in [2.75, 3.05) is 6.61 Å². The molecular weight excluding hydrogens is 713 g/mol. The molecule has 57 heavy (non-hydrogen) atoms. The number of hydrogen-bond acceptors (Lipinski definition) is 7. The topological polar surface area (TPSA) is 105 Å². The SMILES string of the molecule is CC/C=C\C/C=C\C/C=C\CCCCCC(=O)OCC1OC(OC2CCC3(C)C(=CCC4C3CCC3(C)C(C(C)/C=C/C(C)C(C)C)CCC43)C2)C(O)C(O)C1O. The Morgan fingerprint density at radius 2 is 1.60 bits per heavy atom. The molecule has 14 atom stereocenters. The van der Waals surface area contributed by atoms with E-state index in [1.165, 1.54) is 31.3 Å². The van der Waals surface area contributed by atoms with Crippen LogP contribution in [0.5, 0.6) is 0 Å². The molecule has 4 aliphatic carbocycles. The molecule has 5 rings (SSSR count). The number of rotatable bonds is 19. The zero-order valence-corrected chi connectivity index (χ0v) is 36.7. The Kier molecular flexibility index (Phi) is 17.3. The van der Waals surface area contributed by atoms with E-state index in [9.17, 15) is 20.1 Å². The van der Waals surface area contributed by atoms with Gasteiger partial charge < -0.3 is 29.5 Å². The monoisotopic (exact) mass is 793 g/mol. The van der Waals surface area contributed by atoms with Gasteiger partial charge in [-0.15, -0.1) is 0 Å². The summed E-state index contributed by atoms with van der Waals surface area (Å²) in [5.74, 6) is 4.49. The van der Waals surface area contributed by atoms with E-state index >= 15 is 0 Å². The smallest absolute Gasteiger partial charge is 0.305 e. The first-order valence-corrected chi connectivity index (χ1v) is 23.1. The molecule has 3 saturated carbocycles. The summed E-state index contributed by atoms with van der Waals surface area (Å²) < 4.78 is 17.9. The van der Waals surface area contributed by atoms with Crippen LogP contribution in [0, 0.1) is 52.3 Å². The quantitative estimate of drug-likeness (QED) is 0.0679. The first-order valence-electron chi connectivity index (χ1n) is 23.1. The van der Waals surface area contributed by atoms with E-state index in [4.69, 9.17) is 14.2 Å². The number of esters is 1. The van der Waals surface area contributed by atoms with Gasteiger partial charge in [0.15, 0.2) is 6.29 Å². The molecule has 3 N–H and O–H groups in total. The molecule has 7 nitrogen and oxygen atoms in total. The second kappa shape index (κ2) is 21.5. The van der Waals surface area contributed by atoms with Crippen LogP contribution in [0.4, 0.5) is 0 Å². The summed E-state index contributed by atoms with van der Waals surface area (Å²) in [5, 5.41) is 32.4. The van der Waals surface area contributed by atoms with Crippen LogP contribution in [0.25, 0.3) is 0 Å². The van der Waals surface area contributed by atoms with Gasteiger partial charge in [0.05, 0.1) is 6.10 Å². The van der Waals surface area contributed by atoms with E-state index in [2.05, 4.69) is 103 Å². The maximum absolute atomic E-state index is 12.6. The van der Waals surface area contributed by atoms with Crippen molar-refractivity contribution in [2.45, 2.75) is 188 Å². The van der Waals surface area contributed by atoms with Crippen molar-refractivity contribution in [3.05, 3.63) is 60.3 Å². The Labute approximate surface area is 346 Å². The Morgan fingerprint density at radius 1 is 0.860 bits per heavy atom. The molecule has 14 unspecified atom stereocenters. The molecule has 0 amide bonds. The van der Waals surface area contributed by atoms with Crippen LogP contribution in [0.1, 0.15) is 151 Å². The molecule has 1 saturated heterocycles. The summed E-state index contributed by atoms with van der Waals surface area (Å²) in [5.41, 5.74) is 2.03. The van der Waals surface area contributed by atoms with E-state index in [0.29, 0.717) is 29.1 Å². The highest BCUT2D eigenvalue weighted by atomic mass is 16.7. The maximum atomic E-state index is 12.6. The lowest BCUT2D eigenvalue weighted by Gasteiger charge is -2.58. The number of fused-ring (bicyclic) bond motifs is 5. The zero-order chi connectivity index (χ0) is 41.2. The van der Waals surface area contributed by atoms with Crippen LogP contribution in [0.3, 0.4) is 0 Å². The standard InChI is InChI=1S/C50H80O7/c1-8-9-10-11-12-13-14-15-16-17-18-19-20-21-44(51)55-33-43-45(52)46(53)47(54)48(57-43)56-38-28-30-49(6)37(32-38)24-25-39-41-27-26-40(50(41,7)31-29-42(39)49)36(5)23-22-35(4)34(2)3/h9-10,12-13,15-16,22-24,34-36,38-43,45-48,52-54H,8,11,14,17-21,25-33H2,1-7H3/b10-9-,13-12-,16-15-,23-22+. The highest BCUT2D eigenvalue weighted by molar-refractivity contribution is 5.69. The molecule has 0 radical (unpaired) electrons. The number of aliphatic hydroxyl groups excluding tert-OH is 3. The summed E-state index contributed by atoms with van der Waals surface area (Å²) in [4.78, 5) is 12.6. The minimum atomic E-state index is -1.46. The van der Waals surface area contributed by atoms with Crippen molar-refractivity contribution in [3.63, 3.8) is 0 Å². The van der Waals surface area contributed by atoms with Gasteiger partial charge in [0.25, 0.3) is 0 Å². The fourth-order valence-electron chi connectivity index (χ4n) is 11.5. The summed E-state index contributed by atoms with van der Waals surface area (Å²) >= 11 is 0. The fraction of sp³-hybridized carbons (Fsp3) is 0.780. The number of carbonyl (C=O) groups excluding carboxylic acids is 1. The predicted molar refractivity (Wildman–Crippen MR) is 230 cm³/mol. The molecule has 0 aromatic heterocycles. The molecule has 0 bridgehead atoms. The minimum Gasteiger partial charge on any atom is -0.463 e. The summed E-state index contributed by atoms with van der Waals surface area (Å²) in [6.45, 7) is 16.5. The van der Waals surface area contributed by atoms with Crippen LogP contribution in [-0.2, 0) is 19.0 Å². The van der Waals surface area contributed by atoms with Crippen LogP contribution >= 0.6 is 0 Å². The van der Waals surface area contributed by atoms with E-state index in [1.54, 1.807) is 0 Å². The zero-order valence-electron chi connectivity index (χ0n) is 36.7. The molecule has 322 valence electrons. The maximum Gasteiger partial charge on any atom is 0.305 e. The third-order valence-electron chi connectivity index (χ3n) is 15.5. The van der Waals surface area contributed by atoms with Gasteiger partial charge >= 0.3 is 5.97 Å². The molecule has 0 aromatic rings. The Balaban J connectivity index is 1.07. The predicted octanol–water partition coefficient (Wildman–Crippen LogP) is 10.6. The van der Waals surface area contributed by atoms with Crippen molar-refractivity contribution in [2.24, 2.45) is 52.3 Å². The molecular formula is C50H80O7. The fourth-order valence-corrected chi connectivity index (χ4v) is 11.5. The van der Waals surface area contributed by atoms with Crippen molar-refractivity contribution >= 4 is 5.97 Å². The lowest BCUT2D eigenvalue weighted by Crippen LogP contribution is -2.60. The molecule has 1 heterocycles. The van der Waals surface area contributed by atoms with Gasteiger partial charge in [-0.1, -0.05) is 115 Å². The van der Waals surface area contributed by atoms with Crippen molar-refractivity contribution in [3.8, 4) is 0 Å². The number of hydrogen-bond donors (Lipinski definition) is 3. The van der Waals surface area contributed by atoms with Crippen LogP contribution in [0.15, 0.2) is 60.3 Å². The number of allylic oxidation sites excluding steroid dienone is 9. The van der Waals surface area contributed by atoms with Gasteiger partial charge in [-0.25, -0.2) is 0 Å². The van der Waals surface area contributed by atoms with E-state index in [1.807, 2.05) is 0 Å². The third kappa shape index (κ3) is 11.4. The van der Waals surface area contributed by atoms with Crippen LogP contribution in [0.2, 0.25) is 0 Å². The number of ether oxygens (including phenoxy) is 3. The molecule has 0 spiro atoms. The van der Waals surface area contributed by atoms with Gasteiger partial charge in [-0.3, -0.25) is 4.79 Å². The van der Waals surface area contributed by atoms with Gasteiger partial charge in [0.1, 0.15) is 31.0 Å². The van der Waals surface area contributed by atoms with E-state index in [0.717, 1.165) is 88.4 Å². The summed E-state index contributed by atoms with van der Waals surface area (Å²) in [6.07, 6.45) is 30.2. The average molecular weight is 793 g/mol. The average Bonchev–Trinajstić information content (AvgIpc) is 3.55. The number of unbranched alkanes of at least 4 members (excludes halogenated alkanes) is 3. The normalized spacial score (nSPS) is 38.1. The highest BCUT2D eigenvalue weighted by Gasteiger charge is 2.59. The summed E-state index contributed by atoms with van der Waals surface area (Å²) in [6, 6.07) is 0. The highest BCUT2D eigenvalue weighted by Crippen LogP contribution is 2.67. The molecule has 0 aromatic carbocycles. The largest absolute Gasteiger partial charge is 0.463 e.